The maximum Gasteiger partial charge on any atom is 0.252 e. The summed E-state index contributed by atoms with van der Waals surface area (Å²) in [5.74, 6) is -0.177. The van der Waals surface area contributed by atoms with Gasteiger partial charge in [-0.25, -0.2) is 0 Å². The second kappa shape index (κ2) is 7.77. The van der Waals surface area contributed by atoms with Crippen molar-refractivity contribution in [2.75, 3.05) is 6.61 Å². The molecule has 1 atom stereocenters. The van der Waals surface area contributed by atoms with Gasteiger partial charge in [0.1, 0.15) is 0 Å². The summed E-state index contributed by atoms with van der Waals surface area (Å²) < 4.78 is 0. The highest BCUT2D eigenvalue weighted by molar-refractivity contribution is 5.95. The minimum atomic E-state index is -0.433. The second-order valence-corrected chi connectivity index (χ2v) is 6.01. The Labute approximate surface area is 148 Å². The van der Waals surface area contributed by atoms with Gasteiger partial charge in [0.2, 0.25) is 0 Å². The van der Waals surface area contributed by atoms with Gasteiger partial charge in [-0.3, -0.25) is 4.79 Å². The molecule has 0 saturated heterocycles. The third kappa shape index (κ3) is 3.95. The fourth-order valence-corrected chi connectivity index (χ4v) is 2.84. The zero-order valence-electron chi connectivity index (χ0n) is 14.1. The van der Waals surface area contributed by atoms with Crippen molar-refractivity contribution < 1.29 is 9.90 Å². The summed E-state index contributed by atoms with van der Waals surface area (Å²) in [6.07, 6.45) is 0. The van der Waals surface area contributed by atoms with Crippen LogP contribution in [0.5, 0.6) is 0 Å². The first-order chi connectivity index (χ1) is 12.2. The summed E-state index contributed by atoms with van der Waals surface area (Å²) >= 11 is 0. The number of carbonyl (C=O) groups excluding carboxylic acids is 1. The van der Waals surface area contributed by atoms with Gasteiger partial charge in [-0.2, -0.15) is 0 Å². The Balaban J connectivity index is 1.77. The van der Waals surface area contributed by atoms with Crippen LogP contribution in [0.25, 0.3) is 11.1 Å². The first-order valence-corrected chi connectivity index (χ1v) is 8.32. The molecule has 0 aliphatic carbocycles. The van der Waals surface area contributed by atoms with E-state index in [1.54, 1.807) is 6.07 Å². The quantitative estimate of drug-likeness (QED) is 0.739. The first kappa shape index (κ1) is 16.9. The highest BCUT2D eigenvalue weighted by atomic mass is 16.3. The number of benzene rings is 3. The van der Waals surface area contributed by atoms with E-state index in [1.165, 1.54) is 0 Å². The van der Waals surface area contributed by atoms with E-state index in [2.05, 4.69) is 17.4 Å². The topological polar surface area (TPSA) is 49.3 Å². The van der Waals surface area contributed by atoms with Crippen LogP contribution in [0.15, 0.2) is 78.9 Å². The van der Waals surface area contributed by atoms with Gasteiger partial charge in [-0.1, -0.05) is 72.8 Å². The van der Waals surface area contributed by atoms with Crippen molar-refractivity contribution in [3.8, 4) is 11.1 Å². The number of nitrogens with one attached hydrogen (secondary N) is 1. The molecular weight excluding hydrogens is 310 g/mol. The Morgan fingerprint density at radius 3 is 2.12 bits per heavy atom. The van der Waals surface area contributed by atoms with Crippen LogP contribution < -0.4 is 5.32 Å². The van der Waals surface area contributed by atoms with E-state index in [4.69, 9.17) is 0 Å². The molecule has 3 nitrogen and oxygen atoms in total. The van der Waals surface area contributed by atoms with Crippen molar-refractivity contribution in [2.24, 2.45) is 0 Å². The number of carbonyl (C=O) groups is 1. The van der Waals surface area contributed by atoms with Crippen LogP contribution in [0.4, 0.5) is 0 Å². The molecule has 25 heavy (non-hydrogen) atoms. The molecule has 0 bridgehead atoms. The highest BCUT2D eigenvalue weighted by Crippen LogP contribution is 2.22. The van der Waals surface area contributed by atoms with Gasteiger partial charge in [0.25, 0.3) is 5.91 Å². The lowest BCUT2D eigenvalue weighted by Gasteiger charge is -2.18. The normalized spacial score (nSPS) is 11.8. The van der Waals surface area contributed by atoms with Crippen LogP contribution in [-0.4, -0.2) is 17.6 Å². The third-order valence-corrected chi connectivity index (χ3v) is 4.30. The first-order valence-electron chi connectivity index (χ1n) is 8.32. The molecule has 0 spiro atoms. The van der Waals surface area contributed by atoms with Gasteiger partial charge in [-0.15, -0.1) is 0 Å². The van der Waals surface area contributed by atoms with Crippen molar-refractivity contribution in [3.05, 3.63) is 95.6 Å². The zero-order chi connectivity index (χ0) is 17.6. The SMILES string of the molecule is Cc1ccccc1C(=O)NC(CO)c1ccc(-c2ccccc2)cc1. The molecule has 126 valence electrons. The van der Waals surface area contributed by atoms with Crippen LogP contribution >= 0.6 is 0 Å². The Morgan fingerprint density at radius 1 is 0.880 bits per heavy atom. The average Bonchev–Trinajstić information content (AvgIpc) is 2.67. The van der Waals surface area contributed by atoms with Crippen LogP contribution in [0, 0.1) is 6.92 Å². The van der Waals surface area contributed by atoms with Crippen molar-refractivity contribution in [1.29, 1.82) is 0 Å². The Bertz CT molecular complexity index is 841. The predicted octanol–water partition coefficient (Wildman–Crippen LogP) is 4.13. The fraction of sp³-hybridized carbons (Fsp3) is 0.136. The Morgan fingerprint density at radius 2 is 1.48 bits per heavy atom. The minimum absolute atomic E-state index is 0.150. The molecule has 0 fully saturated rings. The molecule has 0 aromatic heterocycles. The average molecular weight is 331 g/mol. The molecule has 3 rings (SSSR count). The molecule has 0 saturated carbocycles. The van der Waals surface area contributed by atoms with Crippen molar-refractivity contribution in [1.82, 2.24) is 5.32 Å². The van der Waals surface area contributed by atoms with Gasteiger partial charge in [0.05, 0.1) is 12.6 Å². The molecular formula is C22H21NO2. The number of rotatable bonds is 5. The number of amides is 1. The number of hydrogen-bond donors (Lipinski definition) is 2. The van der Waals surface area contributed by atoms with Crippen molar-refractivity contribution in [2.45, 2.75) is 13.0 Å². The van der Waals surface area contributed by atoms with E-state index < -0.39 is 6.04 Å². The molecule has 1 amide bonds. The summed E-state index contributed by atoms with van der Waals surface area (Å²) in [5, 5.41) is 12.6. The predicted molar refractivity (Wildman–Crippen MR) is 100 cm³/mol. The van der Waals surface area contributed by atoms with Gasteiger partial charge in [0, 0.05) is 5.56 Å². The van der Waals surface area contributed by atoms with Crippen molar-refractivity contribution in [3.63, 3.8) is 0 Å². The number of aryl methyl sites for hydroxylation is 1. The highest BCUT2D eigenvalue weighted by Gasteiger charge is 2.16. The van der Waals surface area contributed by atoms with E-state index in [-0.39, 0.29) is 12.5 Å². The standard InChI is InChI=1S/C22H21NO2/c1-16-7-5-6-10-20(16)22(25)23-21(15-24)19-13-11-18(12-14-19)17-8-3-2-4-9-17/h2-14,21,24H,15H2,1H3,(H,23,25). The molecule has 2 N–H and O–H groups in total. The van der Waals surface area contributed by atoms with Gasteiger partial charge in [0.15, 0.2) is 0 Å². The van der Waals surface area contributed by atoms with E-state index in [0.717, 1.165) is 22.3 Å². The molecule has 3 heteroatoms. The van der Waals surface area contributed by atoms with Crippen LogP contribution in [0.2, 0.25) is 0 Å². The summed E-state index contributed by atoms with van der Waals surface area (Å²) in [5.41, 5.74) is 4.66. The third-order valence-electron chi connectivity index (χ3n) is 4.30. The maximum absolute atomic E-state index is 12.5. The summed E-state index contributed by atoms with van der Waals surface area (Å²) in [6, 6.07) is 25.0. The summed E-state index contributed by atoms with van der Waals surface area (Å²) in [4.78, 5) is 12.5. The van der Waals surface area contributed by atoms with E-state index in [9.17, 15) is 9.90 Å². The van der Waals surface area contributed by atoms with Crippen molar-refractivity contribution >= 4 is 5.91 Å². The fourth-order valence-electron chi connectivity index (χ4n) is 2.84. The van der Waals surface area contributed by atoms with Crippen LogP contribution in [0.1, 0.15) is 27.5 Å². The molecule has 1 unspecified atom stereocenters. The monoisotopic (exact) mass is 331 g/mol. The van der Waals surface area contributed by atoms with E-state index >= 15 is 0 Å². The molecule has 0 heterocycles. The number of hydrogen-bond acceptors (Lipinski definition) is 2. The Kier molecular flexibility index (Phi) is 5.26. The molecule has 3 aromatic carbocycles. The maximum atomic E-state index is 12.5. The smallest absolute Gasteiger partial charge is 0.252 e. The largest absolute Gasteiger partial charge is 0.394 e. The zero-order valence-corrected chi connectivity index (χ0v) is 14.1. The van der Waals surface area contributed by atoms with Crippen LogP contribution in [0.3, 0.4) is 0 Å². The molecule has 0 aliphatic heterocycles. The summed E-state index contributed by atoms with van der Waals surface area (Å²) in [7, 11) is 0. The van der Waals surface area contributed by atoms with Gasteiger partial charge >= 0.3 is 0 Å². The molecule has 0 radical (unpaired) electrons. The molecule has 0 aliphatic rings. The second-order valence-electron chi connectivity index (χ2n) is 6.01. The lowest BCUT2D eigenvalue weighted by molar-refractivity contribution is 0.0915. The minimum Gasteiger partial charge on any atom is -0.394 e. The number of aliphatic hydroxyl groups is 1. The van der Waals surface area contributed by atoms with Gasteiger partial charge < -0.3 is 10.4 Å². The lowest BCUT2D eigenvalue weighted by Crippen LogP contribution is -2.31. The summed E-state index contributed by atoms with van der Waals surface area (Å²) in [6.45, 7) is 1.75. The van der Waals surface area contributed by atoms with E-state index in [1.807, 2.05) is 67.6 Å². The lowest BCUT2D eigenvalue weighted by atomic mass is 10.0. The molecule has 3 aromatic rings. The van der Waals surface area contributed by atoms with Crippen LogP contribution in [-0.2, 0) is 0 Å². The Hall–Kier alpha value is -2.91. The van der Waals surface area contributed by atoms with Gasteiger partial charge in [-0.05, 0) is 35.2 Å². The van der Waals surface area contributed by atoms with E-state index in [0.29, 0.717) is 5.56 Å². The number of aliphatic hydroxyl groups excluding tert-OH is 1.